The fourth-order valence-electron chi connectivity index (χ4n) is 10.6. The minimum Gasteiger partial charge on any atom is -0.373 e. The normalized spacial score (nSPS) is 35.3. The van der Waals surface area contributed by atoms with Crippen molar-refractivity contribution in [2.45, 2.75) is 119 Å². The van der Waals surface area contributed by atoms with Gasteiger partial charge in [0.1, 0.15) is 5.82 Å². The number of hydrogen-bond acceptors (Lipinski definition) is 8. The highest BCUT2D eigenvalue weighted by Crippen LogP contribution is 2.53. The van der Waals surface area contributed by atoms with E-state index in [4.69, 9.17) is 4.74 Å². The Kier molecular flexibility index (Phi) is 10.1. The zero-order chi connectivity index (χ0) is 33.4. The van der Waals surface area contributed by atoms with Gasteiger partial charge in [-0.15, -0.1) is 0 Å². The summed E-state index contributed by atoms with van der Waals surface area (Å²) < 4.78 is 22.8. The molecule has 1 aromatic rings. The largest absolute Gasteiger partial charge is 0.373 e. The fraction of sp³-hybridized carbons (Fsp3) is 0.737. The van der Waals surface area contributed by atoms with Crippen molar-refractivity contribution in [2.24, 2.45) is 5.92 Å². The molecule has 1 amide bonds. The first kappa shape index (κ1) is 33.9. The second kappa shape index (κ2) is 14.4. The smallest absolute Gasteiger partial charge is 0.246 e. The van der Waals surface area contributed by atoms with E-state index in [0.717, 1.165) is 69.4 Å². The van der Waals surface area contributed by atoms with Crippen molar-refractivity contribution in [1.29, 1.82) is 5.26 Å². The monoisotopic (exact) mass is 661 g/mol. The van der Waals surface area contributed by atoms with Crippen LogP contribution in [-0.4, -0.2) is 116 Å². The van der Waals surface area contributed by atoms with Crippen molar-refractivity contribution in [3.63, 3.8) is 0 Å². The Hall–Kier alpha value is -2.55. The number of halogens is 1. The third-order valence-corrected chi connectivity index (χ3v) is 12.9. The molecule has 48 heavy (non-hydrogen) atoms. The molecule has 2 saturated carbocycles. The lowest BCUT2D eigenvalue weighted by atomic mass is 9.63. The number of piperazine rings is 1. The van der Waals surface area contributed by atoms with E-state index in [9.17, 15) is 10.1 Å². The van der Waals surface area contributed by atoms with Crippen molar-refractivity contribution in [3.8, 4) is 6.07 Å². The molecule has 1 spiro atoms. The summed E-state index contributed by atoms with van der Waals surface area (Å²) in [4.78, 5) is 24.8. The summed E-state index contributed by atoms with van der Waals surface area (Å²) in [6.07, 6.45) is 14.0. The van der Waals surface area contributed by atoms with E-state index in [0.29, 0.717) is 44.1 Å². The molecule has 7 atom stereocenters. The molecular formula is C38H56FN7O2. The second-order valence-electron chi connectivity index (χ2n) is 15.7. The molecule has 3 saturated heterocycles. The molecule has 0 bridgehead atoms. The van der Waals surface area contributed by atoms with Crippen LogP contribution in [0.5, 0.6) is 0 Å². The third kappa shape index (κ3) is 6.30. The molecule has 4 heterocycles. The first-order valence-corrected chi connectivity index (χ1v) is 18.7. The van der Waals surface area contributed by atoms with Crippen molar-refractivity contribution >= 4 is 11.6 Å². The van der Waals surface area contributed by atoms with Gasteiger partial charge in [-0.2, -0.15) is 5.26 Å². The molecule has 5 fully saturated rings. The Morgan fingerprint density at radius 3 is 2.65 bits per heavy atom. The quantitative estimate of drug-likeness (QED) is 0.335. The Bertz CT molecular complexity index is 1360. The van der Waals surface area contributed by atoms with Crippen LogP contribution in [0.4, 0.5) is 10.1 Å². The number of nitriles is 1. The van der Waals surface area contributed by atoms with Gasteiger partial charge in [0.25, 0.3) is 0 Å². The minimum absolute atomic E-state index is 0.0813. The summed E-state index contributed by atoms with van der Waals surface area (Å²) in [7, 11) is 4.32. The predicted molar refractivity (Wildman–Crippen MR) is 186 cm³/mol. The Morgan fingerprint density at radius 2 is 1.92 bits per heavy atom. The highest BCUT2D eigenvalue weighted by Gasteiger charge is 2.56. The summed E-state index contributed by atoms with van der Waals surface area (Å²) >= 11 is 0. The van der Waals surface area contributed by atoms with E-state index in [1.165, 1.54) is 38.2 Å². The molecule has 0 radical (unpaired) electrons. The molecule has 2 aliphatic carbocycles. The van der Waals surface area contributed by atoms with Crippen LogP contribution >= 0.6 is 0 Å². The maximum Gasteiger partial charge on any atom is 0.246 e. The molecule has 262 valence electrons. The number of anilines is 1. The number of carbonyl (C=O) groups excluding carboxylic acids is 1. The number of hydrogen-bond donors (Lipinski definition) is 1. The summed E-state index contributed by atoms with van der Waals surface area (Å²) in [5.41, 5.74) is 1.68. The number of carbonyl (C=O) groups is 1. The average molecular weight is 662 g/mol. The van der Waals surface area contributed by atoms with Crippen molar-refractivity contribution in [3.05, 3.63) is 42.2 Å². The molecule has 10 heteroatoms. The van der Waals surface area contributed by atoms with E-state index in [1.807, 2.05) is 11.0 Å². The molecule has 6 aliphatic rings. The average Bonchev–Trinajstić information content (AvgIpc) is 3.48. The highest BCUT2D eigenvalue weighted by molar-refractivity contribution is 5.87. The van der Waals surface area contributed by atoms with Crippen LogP contribution in [0.2, 0.25) is 0 Å². The van der Waals surface area contributed by atoms with E-state index < -0.39 is 0 Å². The molecule has 9 nitrogen and oxygen atoms in total. The molecular weight excluding hydrogens is 605 g/mol. The van der Waals surface area contributed by atoms with Gasteiger partial charge in [-0.05, 0) is 76.7 Å². The molecule has 1 N–H and O–H groups in total. The van der Waals surface area contributed by atoms with Crippen LogP contribution in [0.15, 0.2) is 30.9 Å². The SMILES string of the molecule is C=CC(=O)N1CCN(C2C3CC[C@]4(CC3NC(OC[C@H]3CCCN3C)N2C2CCCCCC2)CN(C)c2cccc(F)c24)C[C@H]1CC#N. The summed E-state index contributed by atoms with van der Waals surface area (Å²) in [6.45, 7) is 8.38. The van der Waals surface area contributed by atoms with E-state index in [1.54, 1.807) is 6.07 Å². The maximum atomic E-state index is 15.7. The third-order valence-electron chi connectivity index (χ3n) is 12.9. The number of nitrogens with zero attached hydrogens (tertiary/aromatic N) is 6. The highest BCUT2D eigenvalue weighted by atomic mass is 19.1. The van der Waals surface area contributed by atoms with Gasteiger partial charge in [0.05, 0.1) is 31.3 Å². The number of benzene rings is 1. The summed E-state index contributed by atoms with van der Waals surface area (Å²) in [5.74, 6) is 0.145. The van der Waals surface area contributed by atoms with Gasteiger partial charge in [0, 0.05) is 73.9 Å². The first-order valence-electron chi connectivity index (χ1n) is 18.7. The van der Waals surface area contributed by atoms with Crippen LogP contribution in [0.25, 0.3) is 0 Å². The molecule has 1 aromatic carbocycles. The van der Waals surface area contributed by atoms with Crippen LogP contribution in [0.1, 0.15) is 82.6 Å². The maximum absolute atomic E-state index is 15.7. The lowest BCUT2D eigenvalue weighted by Gasteiger charge is -2.60. The zero-order valence-electron chi connectivity index (χ0n) is 29.2. The number of rotatable bonds is 7. The molecule has 7 rings (SSSR count). The lowest BCUT2D eigenvalue weighted by Crippen LogP contribution is -2.75. The molecule has 0 aromatic heterocycles. The topological polar surface area (TPSA) is 78.3 Å². The van der Waals surface area contributed by atoms with Gasteiger partial charge < -0.3 is 19.4 Å². The Morgan fingerprint density at radius 1 is 1.10 bits per heavy atom. The van der Waals surface area contributed by atoms with Gasteiger partial charge in [0.2, 0.25) is 5.91 Å². The van der Waals surface area contributed by atoms with Crippen LogP contribution in [-0.2, 0) is 14.9 Å². The van der Waals surface area contributed by atoms with Crippen LogP contribution < -0.4 is 10.2 Å². The number of likely N-dealkylation sites (tertiary alicyclic amines) is 1. The van der Waals surface area contributed by atoms with Crippen LogP contribution in [0, 0.1) is 23.1 Å². The zero-order valence-corrected chi connectivity index (χ0v) is 29.2. The van der Waals surface area contributed by atoms with Gasteiger partial charge in [0.15, 0.2) is 6.35 Å². The van der Waals surface area contributed by atoms with Gasteiger partial charge in [-0.3, -0.25) is 15.0 Å². The molecule has 4 unspecified atom stereocenters. The number of amides is 1. The number of nitrogens with one attached hydrogen (secondary N) is 1. The van der Waals surface area contributed by atoms with Gasteiger partial charge in [-0.25, -0.2) is 9.29 Å². The van der Waals surface area contributed by atoms with Gasteiger partial charge in [-0.1, -0.05) is 38.3 Å². The lowest BCUT2D eigenvalue weighted by molar-refractivity contribution is -0.215. The summed E-state index contributed by atoms with van der Waals surface area (Å²) in [5, 5.41) is 13.9. The predicted octanol–water partition coefficient (Wildman–Crippen LogP) is 4.64. The van der Waals surface area contributed by atoms with E-state index in [2.05, 4.69) is 57.7 Å². The minimum atomic E-state index is -0.245. The Labute approximate surface area is 287 Å². The Balaban J connectivity index is 1.25. The summed E-state index contributed by atoms with van der Waals surface area (Å²) in [6, 6.07) is 8.71. The fourth-order valence-corrected chi connectivity index (χ4v) is 10.6. The number of fused-ring (bicyclic) bond motifs is 3. The first-order chi connectivity index (χ1) is 23.3. The number of likely N-dealkylation sites (N-methyl/N-ethyl adjacent to an activating group) is 2. The van der Waals surface area contributed by atoms with Crippen molar-refractivity contribution in [2.75, 3.05) is 58.3 Å². The van der Waals surface area contributed by atoms with Gasteiger partial charge >= 0.3 is 0 Å². The van der Waals surface area contributed by atoms with Crippen molar-refractivity contribution < 1.29 is 13.9 Å². The molecule has 4 aliphatic heterocycles. The van der Waals surface area contributed by atoms with E-state index >= 15 is 4.39 Å². The second-order valence-corrected chi connectivity index (χ2v) is 15.7. The number of ether oxygens (including phenoxy) is 1. The van der Waals surface area contributed by atoms with Crippen LogP contribution in [0.3, 0.4) is 0 Å². The standard InChI is InChI=1S/C38H56FN7O2/c1-4-34(47)45-22-21-44(24-28(45)17-19-40)36-30-16-18-38(26-43(3)33-15-9-14-31(39)35(33)38)23-32(30)41-37(48-25-29-13-10-20-42(29)2)46(36)27-11-7-5-6-8-12-27/h4,9,14-15,27-30,32,36-37,41H,1,5-8,10-13,16-18,20-26H2,2-3H3/t28-,29-,30?,32?,36?,37?,38+/m1/s1. The van der Waals surface area contributed by atoms with E-state index in [-0.39, 0.29) is 41.7 Å². The van der Waals surface area contributed by atoms with Crippen molar-refractivity contribution in [1.82, 2.24) is 24.9 Å².